The first-order chi connectivity index (χ1) is 28.1. The minimum atomic E-state index is -4.09. The minimum absolute atomic E-state index is 1.18. The Morgan fingerprint density at radius 1 is 0.283 bits per heavy atom. The van der Waals surface area contributed by atoms with Gasteiger partial charge in [-0.2, -0.15) is 0 Å². The summed E-state index contributed by atoms with van der Waals surface area (Å²) in [7, 11) is -7.50. The van der Waals surface area contributed by atoms with Gasteiger partial charge in [0, 0.05) is 0 Å². The average Bonchev–Trinajstić information content (AvgIpc) is 3.20. The SMILES string of the molecule is C[Si](C)(C)C#[C][Ge]1([C]#C[Si](C)(C)C)[C]#[C][Ge]([c]2ccccc2)([c]2ccccc2)[C]#[C][Ge]([C]#C[Si](C)(C)C)([C]#C[Si](C)(C)C)[C]#[C][Ge]([c]2ccccc2)([c]2ccccc2)[C]#[C]1. The molecule has 1 aliphatic rings. The van der Waals surface area contributed by atoms with Gasteiger partial charge in [-0.3, -0.25) is 0 Å². The fraction of sp³-hybridized carbons (Fsp3) is 0.231. The molecule has 0 aliphatic carbocycles. The molecule has 296 valence electrons. The van der Waals surface area contributed by atoms with Gasteiger partial charge < -0.3 is 0 Å². The normalized spacial score (nSPS) is 15.7. The molecule has 60 heavy (non-hydrogen) atoms. The monoisotopic (exact) mass is 1090 g/mol. The van der Waals surface area contributed by atoms with Crippen LogP contribution in [0.1, 0.15) is 0 Å². The quantitative estimate of drug-likeness (QED) is 0.148. The zero-order valence-corrected chi connectivity index (χ0v) is 49.9. The van der Waals surface area contributed by atoms with Gasteiger partial charge in [0.2, 0.25) is 0 Å². The van der Waals surface area contributed by atoms with E-state index in [1.165, 1.54) is 17.6 Å². The van der Waals surface area contributed by atoms with Crippen LogP contribution in [-0.2, 0) is 0 Å². The molecule has 0 fully saturated rings. The van der Waals surface area contributed by atoms with Crippen LogP contribution in [0.2, 0.25) is 78.6 Å². The number of hydrogen-bond donors (Lipinski definition) is 0. The molecule has 5 rings (SSSR count). The Balaban J connectivity index is 2.17. The van der Waals surface area contributed by atoms with Crippen LogP contribution >= 0.6 is 0 Å². The summed E-state index contributed by atoms with van der Waals surface area (Å²) in [6.45, 7) is 27.6. The fourth-order valence-electron chi connectivity index (χ4n) is 5.98. The predicted molar refractivity (Wildman–Crippen MR) is 283 cm³/mol. The van der Waals surface area contributed by atoms with E-state index < -0.39 is 85.4 Å². The summed E-state index contributed by atoms with van der Waals surface area (Å²) >= 11 is -16.2. The fourth-order valence-corrected chi connectivity index (χ4v) is 53.4. The Morgan fingerprint density at radius 2 is 0.467 bits per heavy atom. The molecular weight excluding hydrogens is 1030 g/mol. The van der Waals surface area contributed by atoms with Gasteiger partial charge in [0.25, 0.3) is 0 Å². The molecule has 0 radical (unpaired) electrons. The van der Waals surface area contributed by atoms with Crippen molar-refractivity contribution in [3.63, 3.8) is 0 Å². The third-order valence-electron chi connectivity index (χ3n) is 9.08. The zero-order valence-electron chi connectivity index (χ0n) is 37.5. The van der Waals surface area contributed by atoms with E-state index in [0.717, 1.165) is 0 Å². The molecule has 8 heteroatoms. The van der Waals surface area contributed by atoms with Crippen LogP contribution in [0, 0.1) is 79.2 Å². The van der Waals surface area contributed by atoms with Crippen molar-refractivity contribution in [2.24, 2.45) is 0 Å². The molecule has 4 aromatic rings. The third kappa shape index (κ3) is 13.2. The molecule has 0 saturated carbocycles. The van der Waals surface area contributed by atoms with Crippen molar-refractivity contribution in [3.05, 3.63) is 121 Å². The van der Waals surface area contributed by atoms with Gasteiger partial charge in [0.1, 0.15) is 0 Å². The zero-order chi connectivity index (χ0) is 43.8. The molecule has 0 bridgehead atoms. The summed E-state index contributed by atoms with van der Waals surface area (Å²) in [5, 5.41) is 0. The molecule has 0 unspecified atom stereocenters. The molecule has 1 aliphatic heterocycles. The molecule has 0 spiro atoms. The van der Waals surface area contributed by atoms with E-state index in [2.05, 4.69) is 279 Å². The van der Waals surface area contributed by atoms with Crippen LogP contribution in [0.25, 0.3) is 0 Å². The number of benzene rings is 4. The van der Waals surface area contributed by atoms with E-state index in [1.807, 2.05) is 0 Å². The summed E-state index contributed by atoms with van der Waals surface area (Å²) in [6, 6.07) is 43.2. The summed E-state index contributed by atoms with van der Waals surface area (Å²) in [5.41, 5.74) is 15.2. The standard InChI is InChI=1S/C52H56Ge4Si4/c1-57(2,3)45-41-53(42-46-58(4,5)6)33-37-55(49-25-17-13-18-26-49,50-27-19-14-20-28-50)39-35-54(43-47-59(7,8)9,44-48-60(10,11)12)36-40-56(38-34-53,51-29-21-15-22-30-51)52-31-23-16-24-32-52/h13-32H,1-12H3. The van der Waals surface area contributed by atoms with E-state index in [4.69, 9.17) is 0 Å². The summed E-state index contributed by atoms with van der Waals surface area (Å²) in [5.74, 6) is 0. The van der Waals surface area contributed by atoms with Crippen molar-refractivity contribution in [1.82, 2.24) is 0 Å². The Labute approximate surface area is 378 Å². The second kappa shape index (κ2) is 19.2. The maximum absolute atomic E-state index is 4.13. The Kier molecular flexibility index (Phi) is 15.2. The molecule has 0 nitrogen and oxygen atoms in total. The van der Waals surface area contributed by atoms with Crippen LogP contribution in [0.4, 0.5) is 0 Å². The molecule has 0 N–H and O–H groups in total. The predicted octanol–water partition coefficient (Wildman–Crippen LogP) is 7.43. The van der Waals surface area contributed by atoms with Gasteiger partial charge in [0.15, 0.2) is 0 Å². The molecule has 0 aromatic heterocycles. The Hall–Kier alpha value is -3.60. The molecule has 4 aromatic carbocycles. The van der Waals surface area contributed by atoms with Crippen molar-refractivity contribution in [3.8, 4) is 79.2 Å². The van der Waals surface area contributed by atoms with E-state index >= 15 is 0 Å². The number of rotatable bonds is 4. The molecule has 0 amide bonds. The molecule has 0 atom stereocenters. The summed E-state index contributed by atoms with van der Waals surface area (Å²) in [6.07, 6.45) is 0. The van der Waals surface area contributed by atoms with E-state index in [-0.39, 0.29) is 0 Å². The first-order valence-electron chi connectivity index (χ1n) is 20.6. The molecule has 1 heterocycles. The molecular formula is C52H56Ge4Si4. The van der Waals surface area contributed by atoms with Gasteiger partial charge in [-0.05, 0) is 0 Å². The van der Waals surface area contributed by atoms with Gasteiger partial charge in [-0.1, -0.05) is 0 Å². The van der Waals surface area contributed by atoms with Crippen molar-refractivity contribution >= 4 is 103 Å². The second-order valence-corrected chi connectivity index (χ2v) is 62.2. The van der Waals surface area contributed by atoms with Gasteiger partial charge in [-0.25, -0.2) is 0 Å². The first kappa shape index (κ1) is 47.4. The topological polar surface area (TPSA) is 0 Å². The third-order valence-corrected chi connectivity index (χ3v) is 41.7. The van der Waals surface area contributed by atoms with Gasteiger partial charge in [0.05, 0.1) is 0 Å². The number of hydrogen-bond acceptors (Lipinski definition) is 0. The van der Waals surface area contributed by atoms with Crippen LogP contribution < -0.4 is 17.6 Å². The van der Waals surface area contributed by atoms with Crippen molar-refractivity contribution < 1.29 is 0 Å². The van der Waals surface area contributed by atoms with Crippen LogP contribution in [0.15, 0.2) is 121 Å². The van der Waals surface area contributed by atoms with E-state index in [9.17, 15) is 0 Å². The maximum atomic E-state index is 4.13. The Morgan fingerprint density at radius 3 is 0.633 bits per heavy atom. The van der Waals surface area contributed by atoms with Crippen molar-refractivity contribution in [1.29, 1.82) is 0 Å². The van der Waals surface area contributed by atoms with Crippen LogP contribution in [0.3, 0.4) is 0 Å². The van der Waals surface area contributed by atoms with Crippen molar-refractivity contribution in [2.75, 3.05) is 0 Å². The van der Waals surface area contributed by atoms with Gasteiger partial charge in [-0.15, -0.1) is 0 Å². The molecule has 0 saturated heterocycles. The van der Waals surface area contributed by atoms with Crippen molar-refractivity contribution in [2.45, 2.75) is 78.6 Å². The van der Waals surface area contributed by atoms with E-state index in [0.29, 0.717) is 0 Å². The second-order valence-electron chi connectivity index (χ2n) is 19.5. The van der Waals surface area contributed by atoms with Crippen LogP contribution in [0.5, 0.6) is 0 Å². The average molecular weight is 1080 g/mol. The summed E-state index contributed by atoms with van der Waals surface area (Å²) < 4.78 is 53.1. The summed E-state index contributed by atoms with van der Waals surface area (Å²) in [4.78, 5) is 0. The first-order valence-corrected chi connectivity index (χ1v) is 51.4. The van der Waals surface area contributed by atoms with Gasteiger partial charge >= 0.3 is 382 Å². The Bertz CT molecular complexity index is 2340. The van der Waals surface area contributed by atoms with Crippen LogP contribution in [-0.4, -0.2) is 85.4 Å². The van der Waals surface area contributed by atoms with E-state index in [1.54, 1.807) is 0 Å².